The summed E-state index contributed by atoms with van der Waals surface area (Å²) in [6.07, 6.45) is -0.294. The molecule has 0 aliphatic heterocycles. The highest BCUT2D eigenvalue weighted by molar-refractivity contribution is 9.10. The topological polar surface area (TPSA) is 101 Å². The van der Waals surface area contributed by atoms with Gasteiger partial charge in [-0.2, -0.15) is 0 Å². The third kappa shape index (κ3) is 8.57. The second kappa shape index (κ2) is 14.4. The third-order valence-electron chi connectivity index (χ3n) is 7.55. The number of benzene rings is 2. The average molecular weight is 711 g/mol. The van der Waals surface area contributed by atoms with E-state index in [1.165, 1.54) is 0 Å². The number of amides is 1. The van der Waals surface area contributed by atoms with E-state index >= 15 is 0 Å². The predicted molar refractivity (Wildman–Crippen MR) is 188 cm³/mol. The van der Waals surface area contributed by atoms with Crippen LogP contribution < -0.4 is 10.9 Å². The Balaban J connectivity index is 1.79. The van der Waals surface area contributed by atoms with Crippen LogP contribution >= 0.6 is 15.9 Å². The number of rotatable bonds is 11. The SMILES string of the molecule is Cc1c(C(=O)OCc2ccccc2)c2c(Br)c(Cc3ccccc3NC(=O)OC(C)(C)C)n(C)c(=O)c2n1COCC[Si](C)(C)C. The van der Waals surface area contributed by atoms with Gasteiger partial charge in [-0.05, 0) is 66.9 Å². The fraction of sp³-hybridized carbons (Fsp3) is 0.400. The number of aromatic nitrogens is 2. The van der Waals surface area contributed by atoms with Crippen LogP contribution in [-0.2, 0) is 41.0 Å². The molecule has 0 atom stereocenters. The molecule has 0 radical (unpaired) electrons. The van der Waals surface area contributed by atoms with Gasteiger partial charge in [0, 0.05) is 55.1 Å². The van der Waals surface area contributed by atoms with E-state index in [-0.39, 0.29) is 25.3 Å². The summed E-state index contributed by atoms with van der Waals surface area (Å²) in [5.41, 5.74) is 3.13. The largest absolute Gasteiger partial charge is 0.457 e. The zero-order chi connectivity index (χ0) is 33.8. The number of hydrogen-bond donors (Lipinski definition) is 1. The first-order valence-corrected chi connectivity index (χ1v) is 19.8. The van der Waals surface area contributed by atoms with E-state index in [0.717, 1.165) is 17.2 Å². The number of nitrogens with zero attached hydrogens (tertiary/aromatic N) is 2. The van der Waals surface area contributed by atoms with E-state index in [0.29, 0.717) is 44.6 Å². The molecule has 1 amide bonds. The Morgan fingerprint density at radius 2 is 1.65 bits per heavy atom. The smallest absolute Gasteiger partial charge is 0.412 e. The second-order valence-corrected chi connectivity index (χ2v) is 20.0. The van der Waals surface area contributed by atoms with Gasteiger partial charge in [0.05, 0.1) is 5.56 Å². The Bertz CT molecular complexity index is 1780. The van der Waals surface area contributed by atoms with Gasteiger partial charge in [-0.3, -0.25) is 10.1 Å². The van der Waals surface area contributed by atoms with Crippen molar-refractivity contribution in [3.63, 3.8) is 0 Å². The molecular formula is C35H44BrN3O6Si. The van der Waals surface area contributed by atoms with Crippen LogP contribution in [0.2, 0.25) is 25.7 Å². The van der Waals surface area contributed by atoms with E-state index in [4.69, 9.17) is 14.2 Å². The van der Waals surface area contributed by atoms with E-state index in [2.05, 4.69) is 40.9 Å². The molecule has 2 aromatic heterocycles. The summed E-state index contributed by atoms with van der Waals surface area (Å²) >= 11 is 3.78. The van der Waals surface area contributed by atoms with Gasteiger partial charge in [-0.15, -0.1) is 0 Å². The highest BCUT2D eigenvalue weighted by Gasteiger charge is 2.29. The molecular weight excluding hydrogens is 666 g/mol. The number of pyridine rings is 1. The van der Waals surface area contributed by atoms with Crippen molar-refractivity contribution in [2.45, 2.75) is 78.7 Å². The van der Waals surface area contributed by atoms with Crippen molar-refractivity contribution in [2.75, 3.05) is 11.9 Å². The number of hydrogen-bond acceptors (Lipinski definition) is 6. The average Bonchev–Trinajstić information content (AvgIpc) is 3.27. The van der Waals surface area contributed by atoms with Crippen LogP contribution in [0.5, 0.6) is 0 Å². The third-order valence-corrected chi connectivity index (χ3v) is 10.1. The van der Waals surface area contributed by atoms with Gasteiger partial charge in [-0.25, -0.2) is 9.59 Å². The first kappa shape index (κ1) is 35.2. The maximum absolute atomic E-state index is 14.1. The zero-order valence-electron chi connectivity index (χ0n) is 28.0. The second-order valence-electron chi connectivity index (χ2n) is 13.6. The Hall–Kier alpha value is -3.67. The molecule has 0 saturated carbocycles. The summed E-state index contributed by atoms with van der Waals surface area (Å²) in [7, 11) is 0.372. The Kier molecular flexibility index (Phi) is 11.0. The molecule has 11 heteroatoms. The minimum absolute atomic E-state index is 0.0948. The maximum atomic E-state index is 14.1. The van der Waals surface area contributed by atoms with Crippen LogP contribution in [0.4, 0.5) is 10.5 Å². The summed E-state index contributed by atoms with van der Waals surface area (Å²) in [6, 6.07) is 17.8. The highest BCUT2D eigenvalue weighted by atomic mass is 79.9. The first-order chi connectivity index (χ1) is 21.6. The molecule has 0 unspecified atom stereocenters. The maximum Gasteiger partial charge on any atom is 0.412 e. The van der Waals surface area contributed by atoms with Crippen LogP contribution in [0.25, 0.3) is 10.9 Å². The summed E-state index contributed by atoms with van der Waals surface area (Å²) < 4.78 is 21.3. The van der Waals surface area contributed by atoms with Crippen molar-refractivity contribution in [2.24, 2.45) is 7.05 Å². The van der Waals surface area contributed by atoms with Gasteiger partial charge >= 0.3 is 12.1 Å². The Labute approximate surface area is 280 Å². The molecule has 0 bridgehead atoms. The number of anilines is 1. The molecule has 246 valence electrons. The lowest BCUT2D eigenvalue weighted by molar-refractivity contribution is 0.0471. The quantitative estimate of drug-likeness (QED) is 0.0962. The number of carbonyl (C=O) groups excluding carboxylic acids is 2. The van der Waals surface area contributed by atoms with Crippen molar-refractivity contribution >= 4 is 52.7 Å². The van der Waals surface area contributed by atoms with Gasteiger partial charge in [0.25, 0.3) is 5.56 Å². The Morgan fingerprint density at radius 1 is 1.00 bits per heavy atom. The van der Waals surface area contributed by atoms with Crippen molar-refractivity contribution < 1.29 is 23.8 Å². The van der Waals surface area contributed by atoms with Crippen LogP contribution in [0, 0.1) is 6.92 Å². The summed E-state index contributed by atoms with van der Waals surface area (Å²) in [4.78, 5) is 40.5. The lowest BCUT2D eigenvalue weighted by Gasteiger charge is -2.21. The standard InChI is InChI=1S/C35H44BrN3O6Si/c1-23-28(33(41)44-21-24-14-10-9-11-15-24)29-30(36)27(20-25-16-12-13-17-26(25)37-34(42)45-35(2,3)4)38(5)32(40)31(29)39(23)22-43-18-19-46(6,7)8/h9-17H,18-22H2,1-8H3,(H,37,42). The van der Waals surface area contributed by atoms with Gasteiger partial charge < -0.3 is 23.3 Å². The number of para-hydroxylation sites is 1. The fourth-order valence-electron chi connectivity index (χ4n) is 5.07. The normalized spacial score (nSPS) is 11.9. The molecule has 0 spiro atoms. The highest BCUT2D eigenvalue weighted by Crippen LogP contribution is 2.35. The summed E-state index contributed by atoms with van der Waals surface area (Å²) in [5, 5.41) is 3.31. The molecule has 1 N–H and O–H groups in total. The number of fused-ring (bicyclic) bond motifs is 1. The van der Waals surface area contributed by atoms with Crippen molar-refractivity contribution in [3.05, 3.63) is 97.5 Å². The number of halogens is 1. The van der Waals surface area contributed by atoms with Crippen LogP contribution in [-0.4, -0.2) is 41.5 Å². The van der Waals surface area contributed by atoms with E-state index in [1.54, 1.807) is 43.0 Å². The molecule has 0 aliphatic rings. The van der Waals surface area contributed by atoms with Crippen molar-refractivity contribution in [3.8, 4) is 0 Å². The summed E-state index contributed by atoms with van der Waals surface area (Å²) in [6.45, 7) is 14.8. The minimum atomic E-state index is -1.33. The van der Waals surface area contributed by atoms with Gasteiger partial charge in [0.1, 0.15) is 24.5 Å². The molecule has 0 saturated heterocycles. The van der Waals surface area contributed by atoms with Gasteiger partial charge in [0.15, 0.2) is 0 Å². The fourth-order valence-corrected chi connectivity index (χ4v) is 6.62. The Morgan fingerprint density at radius 3 is 2.30 bits per heavy atom. The zero-order valence-corrected chi connectivity index (χ0v) is 30.5. The van der Waals surface area contributed by atoms with Crippen LogP contribution in [0.1, 0.15) is 53.6 Å². The first-order valence-electron chi connectivity index (χ1n) is 15.3. The molecule has 4 rings (SSSR count). The molecule has 9 nitrogen and oxygen atoms in total. The van der Waals surface area contributed by atoms with E-state index in [9.17, 15) is 14.4 Å². The number of carbonyl (C=O) groups is 2. The lowest BCUT2D eigenvalue weighted by Crippen LogP contribution is -2.27. The molecule has 46 heavy (non-hydrogen) atoms. The molecule has 4 aromatic rings. The predicted octanol–water partition coefficient (Wildman–Crippen LogP) is 8.02. The minimum Gasteiger partial charge on any atom is -0.457 e. The number of nitrogens with one attached hydrogen (secondary N) is 1. The number of esters is 1. The number of ether oxygens (including phenoxy) is 3. The molecule has 2 aromatic carbocycles. The molecule has 0 aliphatic carbocycles. The monoisotopic (exact) mass is 709 g/mol. The van der Waals surface area contributed by atoms with Crippen LogP contribution in [0.3, 0.4) is 0 Å². The van der Waals surface area contributed by atoms with Crippen molar-refractivity contribution in [1.29, 1.82) is 0 Å². The molecule has 2 heterocycles. The molecule has 0 fully saturated rings. The van der Waals surface area contributed by atoms with Crippen LogP contribution in [0.15, 0.2) is 63.9 Å². The summed E-state index contributed by atoms with van der Waals surface area (Å²) in [5.74, 6) is -0.529. The van der Waals surface area contributed by atoms with E-state index in [1.807, 2.05) is 55.5 Å². The van der Waals surface area contributed by atoms with Crippen molar-refractivity contribution in [1.82, 2.24) is 9.13 Å². The lowest BCUT2D eigenvalue weighted by atomic mass is 10.0. The van der Waals surface area contributed by atoms with Gasteiger partial charge in [-0.1, -0.05) is 68.2 Å². The van der Waals surface area contributed by atoms with E-state index < -0.39 is 25.7 Å². The van der Waals surface area contributed by atoms with Gasteiger partial charge in [0.2, 0.25) is 0 Å².